The van der Waals surface area contributed by atoms with Crippen molar-refractivity contribution in [1.29, 1.82) is 0 Å². The van der Waals surface area contributed by atoms with E-state index in [4.69, 9.17) is 14.3 Å². The topological polar surface area (TPSA) is 124 Å². The first-order valence-corrected chi connectivity index (χ1v) is 18.5. The Balaban J connectivity index is 1.37. The maximum Gasteiger partial charge on any atom is 0.522 e. The minimum atomic E-state index is -4.73. The van der Waals surface area contributed by atoms with Gasteiger partial charge in [0, 0.05) is 25.1 Å². The molecule has 0 spiro atoms. The highest BCUT2D eigenvalue weighted by Crippen LogP contribution is 2.36. The molecular formula is C34H44F3N3O8Si. The second-order valence-electron chi connectivity index (χ2n) is 13.2. The van der Waals surface area contributed by atoms with E-state index in [2.05, 4.69) is 10.1 Å². The van der Waals surface area contributed by atoms with Crippen LogP contribution in [0, 0.1) is 5.92 Å². The van der Waals surface area contributed by atoms with E-state index in [9.17, 15) is 32.3 Å². The molecule has 1 aliphatic heterocycles. The summed E-state index contributed by atoms with van der Waals surface area (Å²) in [4.78, 5) is 60.1. The Morgan fingerprint density at radius 1 is 0.939 bits per heavy atom. The van der Waals surface area contributed by atoms with Gasteiger partial charge in [-0.05, 0) is 63.6 Å². The van der Waals surface area contributed by atoms with Gasteiger partial charge in [-0.1, -0.05) is 60.7 Å². The quantitative estimate of drug-likeness (QED) is 0.157. The molecule has 0 aromatic heterocycles. The highest BCUT2D eigenvalue weighted by atomic mass is 28.3. The zero-order chi connectivity index (χ0) is 35.6. The van der Waals surface area contributed by atoms with Crippen molar-refractivity contribution in [3.63, 3.8) is 0 Å². The van der Waals surface area contributed by atoms with Gasteiger partial charge in [-0.3, -0.25) is 24.1 Å². The SMILES string of the molecule is CC(C)(C)OC(=O)N1C[Si@@H](N(OCc2ccccc2)C(=O)OCc2ccccc2)CC[C@@H]1C(=O)NCCCC(=O)C1CC(OC(F)(F)F)C1. The van der Waals surface area contributed by atoms with Crippen LogP contribution >= 0.6 is 0 Å². The van der Waals surface area contributed by atoms with Gasteiger partial charge in [0.1, 0.15) is 24.0 Å². The molecule has 49 heavy (non-hydrogen) atoms. The van der Waals surface area contributed by atoms with Crippen LogP contribution < -0.4 is 5.32 Å². The van der Waals surface area contributed by atoms with Gasteiger partial charge in [0.25, 0.3) is 0 Å². The summed E-state index contributed by atoms with van der Waals surface area (Å²) in [6.07, 6.45) is -6.40. The number of Topliss-reactive ketones (excluding diaryl/α,β-unsaturated/α-hetero) is 1. The molecule has 15 heteroatoms. The molecule has 2 atom stereocenters. The second-order valence-corrected chi connectivity index (χ2v) is 15.9. The van der Waals surface area contributed by atoms with Gasteiger partial charge in [0.15, 0.2) is 0 Å². The van der Waals surface area contributed by atoms with E-state index in [1.807, 2.05) is 60.7 Å². The lowest BCUT2D eigenvalue weighted by molar-refractivity contribution is -0.353. The first-order chi connectivity index (χ1) is 23.2. The predicted molar refractivity (Wildman–Crippen MR) is 174 cm³/mol. The van der Waals surface area contributed by atoms with E-state index in [0.717, 1.165) is 11.1 Å². The molecule has 1 heterocycles. The molecule has 0 radical (unpaired) electrons. The lowest BCUT2D eigenvalue weighted by atomic mass is 9.78. The number of nitrogens with zero attached hydrogens (tertiary/aromatic N) is 2. The van der Waals surface area contributed by atoms with Crippen molar-refractivity contribution in [1.82, 2.24) is 14.9 Å². The average molecular weight is 708 g/mol. The van der Waals surface area contributed by atoms with Gasteiger partial charge in [0.05, 0.1) is 12.7 Å². The number of carbonyl (C=O) groups is 4. The number of benzene rings is 2. The Morgan fingerprint density at radius 2 is 1.55 bits per heavy atom. The summed E-state index contributed by atoms with van der Waals surface area (Å²) in [5, 5.41) is 2.79. The predicted octanol–water partition coefficient (Wildman–Crippen LogP) is 5.81. The number of hydrogen-bond acceptors (Lipinski definition) is 8. The molecule has 11 nitrogen and oxygen atoms in total. The lowest BCUT2D eigenvalue weighted by Gasteiger charge is -2.41. The zero-order valence-electron chi connectivity index (χ0n) is 27.9. The van der Waals surface area contributed by atoms with Crippen LogP contribution in [0.3, 0.4) is 0 Å². The third-order valence-electron chi connectivity index (χ3n) is 8.17. The maximum absolute atomic E-state index is 13.5. The molecule has 2 fully saturated rings. The number of ether oxygens (including phenoxy) is 3. The van der Waals surface area contributed by atoms with E-state index in [1.165, 1.54) is 9.63 Å². The average Bonchev–Trinajstić information content (AvgIpc) is 3.03. The molecule has 1 aliphatic carbocycles. The van der Waals surface area contributed by atoms with Crippen LogP contribution in [0.4, 0.5) is 22.8 Å². The summed E-state index contributed by atoms with van der Waals surface area (Å²) < 4.78 is 53.6. The number of carbonyl (C=O) groups excluding carboxylic acids is 4. The summed E-state index contributed by atoms with van der Waals surface area (Å²) in [6.45, 7) is 5.40. The lowest BCUT2D eigenvalue weighted by Crippen LogP contribution is -2.61. The molecule has 0 unspecified atom stereocenters. The largest absolute Gasteiger partial charge is 0.522 e. The molecule has 2 aliphatic rings. The Labute approximate surface area is 285 Å². The molecule has 1 saturated carbocycles. The molecule has 1 N–H and O–H groups in total. The van der Waals surface area contributed by atoms with Crippen LogP contribution in [0.25, 0.3) is 0 Å². The monoisotopic (exact) mass is 707 g/mol. The fraction of sp³-hybridized carbons (Fsp3) is 0.529. The Bertz CT molecular complexity index is 1400. The van der Waals surface area contributed by atoms with Crippen LogP contribution in [-0.4, -0.2) is 79.3 Å². The Morgan fingerprint density at radius 3 is 2.14 bits per heavy atom. The zero-order valence-corrected chi connectivity index (χ0v) is 29.1. The molecule has 1 saturated heterocycles. The number of rotatable bonds is 13. The van der Waals surface area contributed by atoms with Gasteiger partial charge in [-0.25, -0.2) is 14.3 Å². The number of nitrogens with one attached hydrogen (secondary N) is 1. The van der Waals surface area contributed by atoms with Gasteiger partial charge < -0.3 is 14.8 Å². The van der Waals surface area contributed by atoms with Gasteiger partial charge in [-0.15, -0.1) is 13.2 Å². The van der Waals surface area contributed by atoms with Crippen LogP contribution in [0.1, 0.15) is 64.0 Å². The molecule has 3 amide bonds. The summed E-state index contributed by atoms with van der Waals surface area (Å²) in [5.41, 5.74) is 0.779. The Hall–Kier alpha value is -3.95. The molecule has 2 aromatic rings. The van der Waals surface area contributed by atoms with Gasteiger partial charge >= 0.3 is 18.5 Å². The molecular weight excluding hydrogens is 663 g/mol. The molecule has 4 rings (SSSR count). The van der Waals surface area contributed by atoms with Crippen LogP contribution in [0.15, 0.2) is 60.7 Å². The number of ketones is 1. The molecule has 2 aromatic carbocycles. The summed E-state index contributed by atoms with van der Waals surface area (Å²) in [7, 11) is -2.45. The smallest absolute Gasteiger partial charge is 0.444 e. The fourth-order valence-electron chi connectivity index (χ4n) is 5.66. The third kappa shape index (κ3) is 12.2. The third-order valence-corrected chi connectivity index (χ3v) is 11.0. The van der Waals surface area contributed by atoms with E-state index in [0.29, 0.717) is 6.04 Å². The van der Waals surface area contributed by atoms with E-state index < -0.39 is 57.1 Å². The standard InChI is InChI=1S/C34H44F3N3O8Si/c1-33(2,3)48-31(43)39-23-49(40(46-22-25-13-8-5-9-14-25)32(44)45-21-24-11-6-4-7-12-24)18-16-28(39)30(42)38-17-10-15-29(41)26-19-27(20-26)47-34(35,36)37/h4-9,11-14,26-28,49H,10,15-23H2,1-3H3,(H,38,42)/t26?,27?,28-,49+/m1/s1. The minimum Gasteiger partial charge on any atom is -0.444 e. The number of hydroxylamine groups is 1. The molecule has 0 bridgehead atoms. The van der Waals surface area contributed by atoms with Crippen molar-refractivity contribution in [2.75, 3.05) is 12.7 Å². The van der Waals surface area contributed by atoms with Crippen molar-refractivity contribution < 1.29 is 51.4 Å². The summed E-state index contributed by atoms with van der Waals surface area (Å²) in [6, 6.07) is 18.1. The highest BCUT2D eigenvalue weighted by Gasteiger charge is 2.44. The van der Waals surface area contributed by atoms with Crippen LogP contribution in [0.2, 0.25) is 6.04 Å². The first-order valence-electron chi connectivity index (χ1n) is 16.4. The van der Waals surface area contributed by atoms with Crippen LogP contribution in [0.5, 0.6) is 0 Å². The normalized spacial score (nSPS) is 20.9. The number of alkyl halides is 3. The van der Waals surface area contributed by atoms with E-state index in [-0.39, 0.29) is 63.8 Å². The minimum absolute atomic E-state index is 0.0224. The summed E-state index contributed by atoms with van der Waals surface area (Å²) >= 11 is 0. The van der Waals surface area contributed by atoms with E-state index >= 15 is 0 Å². The second kappa shape index (κ2) is 17.1. The highest BCUT2D eigenvalue weighted by molar-refractivity contribution is 6.58. The number of halogens is 3. The first kappa shape index (κ1) is 37.9. The van der Waals surface area contributed by atoms with Crippen molar-refractivity contribution in [3.8, 4) is 0 Å². The van der Waals surface area contributed by atoms with Gasteiger partial charge in [-0.2, -0.15) is 0 Å². The van der Waals surface area contributed by atoms with Crippen LogP contribution in [-0.2, 0) is 41.9 Å². The van der Waals surface area contributed by atoms with Gasteiger partial charge in [0.2, 0.25) is 14.9 Å². The maximum atomic E-state index is 13.5. The van der Waals surface area contributed by atoms with Crippen molar-refractivity contribution >= 4 is 32.8 Å². The summed E-state index contributed by atoms with van der Waals surface area (Å²) in [5.74, 6) is -1.10. The van der Waals surface area contributed by atoms with E-state index in [1.54, 1.807) is 20.8 Å². The van der Waals surface area contributed by atoms with Crippen molar-refractivity contribution in [2.45, 2.75) is 96.2 Å². The Kier molecular flexibility index (Phi) is 13.2. The van der Waals surface area contributed by atoms with Crippen molar-refractivity contribution in [3.05, 3.63) is 71.8 Å². The number of hydrogen-bond donors (Lipinski definition) is 1. The van der Waals surface area contributed by atoms with Crippen molar-refractivity contribution in [2.24, 2.45) is 5.92 Å². The molecule has 268 valence electrons. The fourth-order valence-corrected chi connectivity index (χ4v) is 8.44. The number of amides is 3.